The Morgan fingerprint density at radius 2 is 2.50 bits per heavy atom. The molecule has 5 nitrogen and oxygen atoms in total. The fraction of sp³-hybridized carbons (Fsp3) is 0.100. The summed E-state index contributed by atoms with van der Waals surface area (Å²) < 4.78 is 0. The minimum absolute atomic E-state index is 0.202. The largest absolute Gasteiger partial charge is 0.365 e. The number of hydrogen-bond acceptors (Lipinski definition) is 5. The molecule has 2 aromatic rings. The van der Waals surface area contributed by atoms with Gasteiger partial charge in [-0.3, -0.25) is 4.98 Å². The highest BCUT2D eigenvalue weighted by Crippen LogP contribution is 2.10. The molecule has 2 aromatic heterocycles. The van der Waals surface area contributed by atoms with Crippen molar-refractivity contribution in [1.82, 2.24) is 9.97 Å². The maximum Gasteiger partial charge on any atom is 0.347 e. The smallest absolute Gasteiger partial charge is 0.347 e. The molecule has 0 fully saturated rings. The Kier molecular flexibility index (Phi) is 2.98. The normalized spacial score (nSPS) is 9.69. The van der Waals surface area contributed by atoms with Gasteiger partial charge in [0.2, 0.25) is 0 Å². The van der Waals surface area contributed by atoms with Crippen LogP contribution in [-0.2, 0) is 6.54 Å². The number of aromatic amines is 1. The fourth-order valence-electron chi connectivity index (χ4n) is 1.20. The van der Waals surface area contributed by atoms with Crippen molar-refractivity contribution in [1.29, 1.82) is 5.26 Å². The van der Waals surface area contributed by atoms with Gasteiger partial charge >= 0.3 is 5.69 Å². The van der Waals surface area contributed by atoms with Crippen molar-refractivity contribution < 1.29 is 0 Å². The predicted octanol–water partition coefficient (Wildman–Crippen LogP) is 1.32. The van der Waals surface area contributed by atoms with Gasteiger partial charge in [-0.25, -0.2) is 4.79 Å². The summed E-state index contributed by atoms with van der Waals surface area (Å²) in [5, 5.41) is 13.6. The summed E-state index contributed by atoms with van der Waals surface area (Å²) in [7, 11) is 0. The van der Waals surface area contributed by atoms with Crippen LogP contribution in [0, 0.1) is 11.3 Å². The number of thiophene rings is 1. The Labute approximate surface area is 95.4 Å². The number of aromatic nitrogens is 2. The van der Waals surface area contributed by atoms with Crippen molar-refractivity contribution in [3.8, 4) is 6.07 Å². The molecule has 0 radical (unpaired) electrons. The molecule has 0 saturated heterocycles. The Balaban J connectivity index is 2.13. The van der Waals surface area contributed by atoms with Crippen LogP contribution in [0.4, 0.5) is 5.82 Å². The average Bonchev–Trinajstić information content (AvgIpc) is 2.78. The van der Waals surface area contributed by atoms with Gasteiger partial charge in [-0.2, -0.15) is 10.2 Å². The lowest BCUT2D eigenvalue weighted by atomic mass is 10.4. The van der Waals surface area contributed by atoms with Crippen LogP contribution in [0.25, 0.3) is 0 Å². The molecule has 0 aromatic carbocycles. The van der Waals surface area contributed by atoms with Gasteiger partial charge in [-0.15, -0.1) is 11.3 Å². The number of nitriles is 1. The van der Waals surface area contributed by atoms with Gasteiger partial charge in [0.1, 0.15) is 17.6 Å². The standard InChI is InChI=1S/C10H8N4OS/c11-5-7-4-9(14-10(15)13-7)12-6-8-2-1-3-16-8/h1-4H,6H2,(H2,12,13,14,15). The summed E-state index contributed by atoms with van der Waals surface area (Å²) in [6, 6.07) is 7.31. The Morgan fingerprint density at radius 1 is 1.62 bits per heavy atom. The minimum Gasteiger partial charge on any atom is -0.365 e. The lowest BCUT2D eigenvalue weighted by Crippen LogP contribution is -2.14. The third kappa shape index (κ3) is 2.46. The van der Waals surface area contributed by atoms with E-state index in [-0.39, 0.29) is 5.69 Å². The second-order valence-electron chi connectivity index (χ2n) is 3.03. The number of nitrogens with zero attached hydrogens (tertiary/aromatic N) is 2. The van der Waals surface area contributed by atoms with Crippen LogP contribution in [0.2, 0.25) is 0 Å². The molecule has 0 aliphatic heterocycles. The van der Waals surface area contributed by atoms with Crippen molar-refractivity contribution in [2.45, 2.75) is 6.54 Å². The van der Waals surface area contributed by atoms with Gasteiger partial charge in [0.25, 0.3) is 0 Å². The van der Waals surface area contributed by atoms with E-state index in [0.29, 0.717) is 12.4 Å². The van der Waals surface area contributed by atoms with E-state index in [1.807, 2.05) is 23.6 Å². The van der Waals surface area contributed by atoms with E-state index in [1.54, 1.807) is 11.3 Å². The van der Waals surface area contributed by atoms with Crippen molar-refractivity contribution >= 4 is 17.2 Å². The van der Waals surface area contributed by atoms with E-state index >= 15 is 0 Å². The number of hydrogen-bond donors (Lipinski definition) is 2. The highest BCUT2D eigenvalue weighted by atomic mass is 32.1. The highest BCUT2D eigenvalue weighted by Gasteiger charge is 2.00. The number of nitrogens with one attached hydrogen (secondary N) is 2. The molecule has 0 aliphatic carbocycles. The van der Waals surface area contributed by atoms with Gasteiger partial charge in [-0.05, 0) is 11.4 Å². The van der Waals surface area contributed by atoms with Crippen LogP contribution in [0.3, 0.4) is 0 Å². The number of H-pyrrole nitrogens is 1. The fourth-order valence-corrected chi connectivity index (χ4v) is 1.84. The van der Waals surface area contributed by atoms with Crippen LogP contribution in [-0.4, -0.2) is 9.97 Å². The first-order valence-corrected chi connectivity index (χ1v) is 5.43. The summed E-state index contributed by atoms with van der Waals surface area (Å²) in [6.45, 7) is 0.596. The molecule has 6 heteroatoms. The molecule has 0 atom stereocenters. The zero-order valence-electron chi connectivity index (χ0n) is 8.23. The maximum absolute atomic E-state index is 11.1. The zero-order chi connectivity index (χ0) is 11.4. The molecule has 0 spiro atoms. The van der Waals surface area contributed by atoms with E-state index < -0.39 is 5.69 Å². The zero-order valence-corrected chi connectivity index (χ0v) is 9.04. The quantitative estimate of drug-likeness (QED) is 0.836. The lowest BCUT2D eigenvalue weighted by molar-refractivity contribution is 1.03. The first-order chi connectivity index (χ1) is 7.78. The van der Waals surface area contributed by atoms with Crippen LogP contribution >= 0.6 is 11.3 Å². The summed E-state index contributed by atoms with van der Waals surface area (Å²) in [5.74, 6) is 0.411. The van der Waals surface area contributed by atoms with Crippen LogP contribution < -0.4 is 11.0 Å². The minimum atomic E-state index is -0.521. The molecule has 0 aliphatic rings. The topological polar surface area (TPSA) is 81.6 Å². The van der Waals surface area contributed by atoms with Crippen LogP contribution in [0.1, 0.15) is 10.6 Å². The third-order valence-corrected chi connectivity index (χ3v) is 2.77. The summed E-state index contributed by atoms with van der Waals surface area (Å²) in [5.41, 5.74) is -0.318. The Bertz CT molecular complexity index is 567. The molecule has 16 heavy (non-hydrogen) atoms. The molecule has 2 rings (SSSR count). The van der Waals surface area contributed by atoms with E-state index in [0.717, 1.165) is 4.88 Å². The maximum atomic E-state index is 11.1. The first-order valence-electron chi connectivity index (χ1n) is 4.55. The summed E-state index contributed by atoms with van der Waals surface area (Å²) in [4.78, 5) is 18.3. The molecule has 0 amide bonds. The molecular formula is C10H8N4OS. The van der Waals surface area contributed by atoms with Crippen molar-refractivity contribution in [2.24, 2.45) is 0 Å². The summed E-state index contributed by atoms with van der Waals surface area (Å²) in [6.07, 6.45) is 0. The average molecular weight is 232 g/mol. The molecular weight excluding hydrogens is 224 g/mol. The van der Waals surface area contributed by atoms with Crippen molar-refractivity contribution in [2.75, 3.05) is 5.32 Å². The van der Waals surface area contributed by atoms with Gasteiger partial charge < -0.3 is 5.32 Å². The summed E-state index contributed by atoms with van der Waals surface area (Å²) >= 11 is 1.62. The monoisotopic (exact) mass is 232 g/mol. The second-order valence-corrected chi connectivity index (χ2v) is 4.06. The molecule has 0 unspecified atom stereocenters. The number of rotatable bonds is 3. The van der Waals surface area contributed by atoms with Gasteiger partial charge in [0, 0.05) is 10.9 Å². The van der Waals surface area contributed by atoms with Crippen molar-refractivity contribution in [3.63, 3.8) is 0 Å². The molecule has 2 heterocycles. The third-order valence-electron chi connectivity index (χ3n) is 1.89. The predicted molar refractivity (Wildman–Crippen MR) is 61.2 cm³/mol. The highest BCUT2D eigenvalue weighted by molar-refractivity contribution is 7.09. The van der Waals surface area contributed by atoms with Gasteiger partial charge in [-0.1, -0.05) is 6.07 Å². The molecule has 0 saturated carbocycles. The van der Waals surface area contributed by atoms with Gasteiger partial charge in [0.15, 0.2) is 0 Å². The molecule has 0 bridgehead atoms. The second kappa shape index (κ2) is 4.59. The molecule has 80 valence electrons. The Hall–Kier alpha value is -2.13. The Morgan fingerprint density at radius 3 is 3.19 bits per heavy atom. The van der Waals surface area contributed by atoms with Crippen LogP contribution in [0.5, 0.6) is 0 Å². The van der Waals surface area contributed by atoms with E-state index in [9.17, 15) is 4.79 Å². The van der Waals surface area contributed by atoms with E-state index in [1.165, 1.54) is 6.07 Å². The van der Waals surface area contributed by atoms with E-state index in [2.05, 4.69) is 15.3 Å². The van der Waals surface area contributed by atoms with Crippen molar-refractivity contribution in [3.05, 3.63) is 44.6 Å². The van der Waals surface area contributed by atoms with Gasteiger partial charge in [0.05, 0.1) is 6.54 Å². The number of anilines is 1. The first kappa shape index (κ1) is 10.4. The van der Waals surface area contributed by atoms with E-state index in [4.69, 9.17) is 5.26 Å². The van der Waals surface area contributed by atoms with Crippen LogP contribution in [0.15, 0.2) is 28.4 Å². The SMILES string of the molecule is N#Cc1cc(NCc2cccs2)nc(=O)[nH]1. The molecule has 2 N–H and O–H groups in total. The lowest BCUT2D eigenvalue weighted by Gasteiger charge is -2.02.